The largest absolute Gasteiger partial charge is 0.478 e. The number of carboxylic acid groups (broad SMARTS) is 1. The van der Waals surface area contributed by atoms with Crippen LogP contribution in [0, 0.1) is 11.6 Å². The van der Waals surface area contributed by atoms with Crippen LogP contribution in [0.3, 0.4) is 0 Å². The van der Waals surface area contributed by atoms with Crippen LogP contribution in [0.2, 0.25) is 0 Å². The Morgan fingerprint density at radius 1 is 1.32 bits per heavy atom. The molecular weight excluding hydrogens is 270 g/mol. The van der Waals surface area contributed by atoms with Gasteiger partial charge in [0.1, 0.15) is 6.61 Å². The first-order valence-corrected chi connectivity index (χ1v) is 5.24. The minimum absolute atomic E-state index is 0.0184. The number of carboxylic acids is 1. The summed E-state index contributed by atoms with van der Waals surface area (Å²) in [6.45, 7) is -0.877. The number of nitrogens with one attached hydrogen (secondary N) is 1. The first-order chi connectivity index (χ1) is 8.93. The van der Waals surface area contributed by atoms with Gasteiger partial charge < -0.3 is 15.2 Å². The quantitative estimate of drug-likeness (QED) is 0.595. The molecule has 0 aromatic heterocycles. The van der Waals surface area contributed by atoms with Crippen molar-refractivity contribution in [2.75, 3.05) is 25.1 Å². The van der Waals surface area contributed by atoms with Gasteiger partial charge in [-0.05, 0) is 12.1 Å². The number of aromatic carboxylic acids is 1. The van der Waals surface area contributed by atoms with Crippen LogP contribution in [0.15, 0.2) is 12.1 Å². The molecule has 0 unspecified atom stereocenters. The van der Waals surface area contributed by atoms with Crippen LogP contribution in [0.1, 0.15) is 10.4 Å². The summed E-state index contributed by atoms with van der Waals surface area (Å²) < 4.78 is 54.6. The van der Waals surface area contributed by atoms with Gasteiger partial charge in [-0.2, -0.15) is 0 Å². The van der Waals surface area contributed by atoms with E-state index in [9.17, 15) is 22.4 Å². The normalized spacial score (nSPS) is 10.8. The molecule has 8 heteroatoms. The number of rotatable bonds is 7. The molecule has 0 amide bonds. The fraction of sp³-hybridized carbons (Fsp3) is 0.364. The van der Waals surface area contributed by atoms with Crippen LogP contribution < -0.4 is 5.32 Å². The molecule has 1 aromatic carbocycles. The molecule has 0 saturated heterocycles. The highest BCUT2D eigenvalue weighted by atomic mass is 19.3. The third-order valence-electron chi connectivity index (χ3n) is 2.12. The number of anilines is 1. The summed E-state index contributed by atoms with van der Waals surface area (Å²) in [4.78, 5) is 10.5. The van der Waals surface area contributed by atoms with Crippen molar-refractivity contribution in [3.05, 3.63) is 29.3 Å². The maximum absolute atomic E-state index is 13.4. The Labute approximate surface area is 106 Å². The second-order valence-electron chi connectivity index (χ2n) is 3.49. The van der Waals surface area contributed by atoms with E-state index in [2.05, 4.69) is 10.1 Å². The average Bonchev–Trinajstić information content (AvgIpc) is 2.33. The summed E-state index contributed by atoms with van der Waals surface area (Å²) in [6, 6.07) is 1.96. The van der Waals surface area contributed by atoms with Gasteiger partial charge in [-0.3, -0.25) is 0 Å². The van der Waals surface area contributed by atoms with Gasteiger partial charge in [0.25, 0.3) is 6.43 Å². The van der Waals surface area contributed by atoms with Crippen LogP contribution >= 0.6 is 0 Å². The van der Waals surface area contributed by atoms with E-state index in [0.29, 0.717) is 0 Å². The Bertz CT molecular complexity index is 454. The summed E-state index contributed by atoms with van der Waals surface area (Å²) in [5.41, 5.74) is -1.04. The predicted molar refractivity (Wildman–Crippen MR) is 58.6 cm³/mol. The summed E-state index contributed by atoms with van der Waals surface area (Å²) in [5.74, 6) is -4.40. The number of hydrogen-bond donors (Lipinski definition) is 2. The van der Waals surface area contributed by atoms with Crippen molar-refractivity contribution in [1.82, 2.24) is 0 Å². The summed E-state index contributed by atoms with van der Waals surface area (Å²) in [7, 11) is 0. The van der Waals surface area contributed by atoms with Crippen molar-refractivity contribution >= 4 is 11.7 Å². The van der Waals surface area contributed by atoms with Crippen molar-refractivity contribution in [1.29, 1.82) is 0 Å². The molecule has 0 aliphatic carbocycles. The van der Waals surface area contributed by atoms with E-state index in [4.69, 9.17) is 5.11 Å². The van der Waals surface area contributed by atoms with Crippen LogP contribution in [-0.4, -0.2) is 37.3 Å². The van der Waals surface area contributed by atoms with Gasteiger partial charge in [0.2, 0.25) is 0 Å². The molecule has 0 radical (unpaired) electrons. The van der Waals surface area contributed by atoms with Gasteiger partial charge in [0.15, 0.2) is 11.6 Å². The summed E-state index contributed by atoms with van der Waals surface area (Å²) in [6.07, 6.45) is -2.59. The number of halogens is 4. The van der Waals surface area contributed by atoms with E-state index < -0.39 is 36.2 Å². The number of hydrogen-bond acceptors (Lipinski definition) is 3. The predicted octanol–water partition coefficient (Wildman–Crippen LogP) is 2.36. The minimum Gasteiger partial charge on any atom is -0.478 e. The summed E-state index contributed by atoms with van der Waals surface area (Å²) >= 11 is 0. The Kier molecular flexibility index (Phi) is 5.56. The van der Waals surface area contributed by atoms with Crippen molar-refractivity contribution in [2.24, 2.45) is 0 Å². The topological polar surface area (TPSA) is 58.6 Å². The molecule has 0 aliphatic heterocycles. The molecule has 1 aromatic rings. The van der Waals surface area contributed by atoms with E-state index in [-0.39, 0.29) is 18.8 Å². The molecule has 0 saturated carbocycles. The number of ether oxygens (including phenoxy) is 1. The number of carbonyl (C=O) groups is 1. The van der Waals surface area contributed by atoms with Crippen LogP contribution in [0.5, 0.6) is 0 Å². The lowest BCUT2D eigenvalue weighted by Crippen LogP contribution is -2.14. The van der Waals surface area contributed by atoms with E-state index in [1.54, 1.807) is 0 Å². The van der Waals surface area contributed by atoms with Gasteiger partial charge in [0, 0.05) is 6.54 Å². The minimum atomic E-state index is -2.59. The van der Waals surface area contributed by atoms with E-state index in [1.807, 2.05) is 0 Å². The molecule has 0 aliphatic rings. The van der Waals surface area contributed by atoms with E-state index >= 15 is 0 Å². The Balaban J connectivity index is 2.56. The SMILES string of the molecule is O=C(O)c1ccc(NCCOCC(F)F)c(F)c1F. The highest BCUT2D eigenvalue weighted by Gasteiger charge is 2.17. The monoisotopic (exact) mass is 281 g/mol. The average molecular weight is 281 g/mol. The van der Waals surface area contributed by atoms with E-state index in [0.717, 1.165) is 12.1 Å². The zero-order valence-corrected chi connectivity index (χ0v) is 9.63. The second-order valence-corrected chi connectivity index (χ2v) is 3.49. The smallest absolute Gasteiger partial charge is 0.338 e. The van der Waals surface area contributed by atoms with Crippen molar-refractivity contribution in [3.63, 3.8) is 0 Å². The summed E-state index contributed by atoms with van der Waals surface area (Å²) in [5, 5.41) is 11.0. The molecule has 0 bridgehead atoms. The molecule has 106 valence electrons. The Morgan fingerprint density at radius 2 is 2.00 bits per heavy atom. The number of benzene rings is 1. The van der Waals surface area contributed by atoms with Gasteiger partial charge in [-0.25, -0.2) is 22.4 Å². The zero-order valence-electron chi connectivity index (χ0n) is 9.63. The van der Waals surface area contributed by atoms with Crippen molar-refractivity contribution in [2.45, 2.75) is 6.43 Å². The highest BCUT2D eigenvalue weighted by molar-refractivity contribution is 5.88. The number of alkyl halides is 2. The molecule has 0 spiro atoms. The first kappa shape index (κ1) is 15.2. The molecule has 4 nitrogen and oxygen atoms in total. The molecule has 1 rings (SSSR count). The molecule has 19 heavy (non-hydrogen) atoms. The Hall–Kier alpha value is -1.83. The Morgan fingerprint density at radius 3 is 2.58 bits per heavy atom. The zero-order chi connectivity index (χ0) is 14.4. The lowest BCUT2D eigenvalue weighted by molar-refractivity contribution is 0.0215. The van der Waals surface area contributed by atoms with Crippen LogP contribution in [0.25, 0.3) is 0 Å². The molecule has 0 heterocycles. The lowest BCUT2D eigenvalue weighted by Gasteiger charge is -2.09. The van der Waals surface area contributed by atoms with Crippen molar-refractivity contribution in [3.8, 4) is 0 Å². The highest BCUT2D eigenvalue weighted by Crippen LogP contribution is 2.20. The van der Waals surface area contributed by atoms with Crippen LogP contribution in [-0.2, 0) is 4.74 Å². The van der Waals surface area contributed by atoms with E-state index in [1.165, 1.54) is 0 Å². The van der Waals surface area contributed by atoms with Gasteiger partial charge >= 0.3 is 5.97 Å². The van der Waals surface area contributed by atoms with Gasteiger partial charge in [-0.15, -0.1) is 0 Å². The van der Waals surface area contributed by atoms with Gasteiger partial charge in [0.05, 0.1) is 17.9 Å². The molecular formula is C11H11F4NO3. The molecule has 0 atom stereocenters. The fourth-order valence-corrected chi connectivity index (χ4v) is 1.28. The van der Waals surface area contributed by atoms with Crippen LogP contribution in [0.4, 0.5) is 23.2 Å². The first-order valence-electron chi connectivity index (χ1n) is 5.24. The second kappa shape index (κ2) is 6.93. The molecule has 2 N–H and O–H groups in total. The maximum Gasteiger partial charge on any atom is 0.338 e. The maximum atomic E-state index is 13.4. The van der Waals surface area contributed by atoms with Gasteiger partial charge in [-0.1, -0.05) is 0 Å². The third-order valence-corrected chi connectivity index (χ3v) is 2.12. The third kappa shape index (κ3) is 4.40. The molecule has 0 fully saturated rings. The standard InChI is InChI=1S/C11H11F4NO3/c12-8(13)5-19-4-3-16-7-2-1-6(11(17)18)9(14)10(7)15/h1-2,8,16H,3-5H2,(H,17,18). The lowest BCUT2D eigenvalue weighted by atomic mass is 10.2. The van der Waals surface area contributed by atoms with Crippen molar-refractivity contribution < 1.29 is 32.2 Å². The fourth-order valence-electron chi connectivity index (χ4n) is 1.28.